The molecule has 2 aromatic carbocycles. The van der Waals surface area contributed by atoms with Gasteiger partial charge in [0, 0.05) is 25.1 Å². The lowest BCUT2D eigenvalue weighted by atomic mass is 9.93. The Morgan fingerprint density at radius 3 is 2.25 bits per heavy atom. The van der Waals surface area contributed by atoms with Gasteiger partial charge in [0.15, 0.2) is 5.78 Å². The van der Waals surface area contributed by atoms with Crippen LogP contribution in [0.1, 0.15) is 54.6 Å². The summed E-state index contributed by atoms with van der Waals surface area (Å²) in [5, 5.41) is 10.0. The molecule has 2 aromatic rings. The molecule has 1 saturated heterocycles. The predicted molar refractivity (Wildman–Crippen MR) is 113 cm³/mol. The topological polar surface area (TPSA) is 66.8 Å². The smallest absolute Gasteiger partial charge is 0.416 e. The number of aliphatic hydroxyl groups is 1. The Morgan fingerprint density at radius 2 is 1.69 bits per heavy atom. The number of piperidine rings is 1. The molecule has 1 heterocycles. The summed E-state index contributed by atoms with van der Waals surface area (Å²) in [5.74, 6) is -0.102. The highest BCUT2D eigenvalue weighted by Gasteiger charge is 2.33. The van der Waals surface area contributed by atoms with Crippen LogP contribution in [0.4, 0.5) is 13.2 Å². The molecular formula is C24H26F3NO4. The first-order chi connectivity index (χ1) is 15.0. The van der Waals surface area contributed by atoms with E-state index in [9.17, 15) is 27.9 Å². The second-order valence-electron chi connectivity index (χ2n) is 8.32. The third-order valence-corrected chi connectivity index (χ3v) is 5.58. The van der Waals surface area contributed by atoms with E-state index in [1.807, 2.05) is 0 Å². The summed E-state index contributed by atoms with van der Waals surface area (Å²) < 4.78 is 45.9. The lowest BCUT2D eigenvalue weighted by molar-refractivity contribution is -0.138. The largest absolute Gasteiger partial charge is 0.457 e. The minimum Gasteiger partial charge on any atom is -0.457 e. The molecule has 1 N–H and O–H groups in total. The van der Waals surface area contributed by atoms with Crippen LogP contribution in [0.5, 0.6) is 11.5 Å². The SMILES string of the molecule is CCC(=O)c1ccc(Oc2cc(CC(=O)N3CCC(C)(O)CC3)cc(C(F)(F)F)c2)cc1. The van der Waals surface area contributed by atoms with Crippen LogP contribution in [0.15, 0.2) is 42.5 Å². The lowest BCUT2D eigenvalue weighted by Gasteiger charge is -2.35. The van der Waals surface area contributed by atoms with E-state index in [1.165, 1.54) is 18.2 Å². The molecule has 8 heteroatoms. The molecule has 1 fully saturated rings. The number of hydrogen-bond donors (Lipinski definition) is 1. The molecule has 0 atom stereocenters. The standard InChI is InChI=1S/C24H26F3NO4/c1-3-21(29)17-4-6-19(7-5-17)32-20-13-16(12-18(15-20)24(25,26)27)14-22(30)28-10-8-23(2,31)9-11-28/h4-7,12-13,15,31H,3,8-11,14H2,1-2H3. The maximum absolute atomic E-state index is 13.4. The molecule has 0 radical (unpaired) electrons. The number of amides is 1. The van der Waals surface area contributed by atoms with Crippen LogP contribution < -0.4 is 4.74 Å². The van der Waals surface area contributed by atoms with Crippen molar-refractivity contribution in [3.05, 3.63) is 59.2 Å². The minimum atomic E-state index is -4.60. The monoisotopic (exact) mass is 449 g/mol. The minimum absolute atomic E-state index is 0.0428. The van der Waals surface area contributed by atoms with Crippen molar-refractivity contribution < 1.29 is 32.6 Å². The van der Waals surface area contributed by atoms with Gasteiger partial charge < -0.3 is 14.7 Å². The number of ether oxygens (including phenoxy) is 1. The first-order valence-corrected chi connectivity index (χ1v) is 10.5. The molecule has 1 amide bonds. The number of carbonyl (C=O) groups is 2. The summed E-state index contributed by atoms with van der Waals surface area (Å²) in [7, 11) is 0. The van der Waals surface area contributed by atoms with Gasteiger partial charge in [0.05, 0.1) is 17.6 Å². The van der Waals surface area contributed by atoms with Crippen LogP contribution in [-0.2, 0) is 17.4 Å². The lowest BCUT2D eigenvalue weighted by Crippen LogP contribution is -2.45. The molecule has 0 bridgehead atoms. The zero-order chi connectivity index (χ0) is 23.5. The third kappa shape index (κ3) is 6.09. The molecule has 0 spiro atoms. The molecule has 0 unspecified atom stereocenters. The Hall–Kier alpha value is -2.87. The molecule has 5 nitrogen and oxygen atoms in total. The Morgan fingerprint density at radius 1 is 1.06 bits per heavy atom. The van der Waals surface area contributed by atoms with Gasteiger partial charge in [0.25, 0.3) is 0 Å². The fraction of sp³-hybridized carbons (Fsp3) is 0.417. The number of ketones is 1. The number of nitrogens with zero attached hydrogens (tertiary/aromatic N) is 1. The number of alkyl halides is 3. The van der Waals surface area contributed by atoms with Crippen molar-refractivity contribution in [1.82, 2.24) is 4.90 Å². The number of likely N-dealkylation sites (tertiary alicyclic amines) is 1. The first-order valence-electron chi connectivity index (χ1n) is 10.5. The fourth-order valence-corrected chi connectivity index (χ4v) is 3.56. The van der Waals surface area contributed by atoms with Crippen molar-refractivity contribution in [3.8, 4) is 11.5 Å². The Balaban J connectivity index is 1.79. The Bertz CT molecular complexity index is 974. The van der Waals surface area contributed by atoms with Gasteiger partial charge in [-0.1, -0.05) is 6.92 Å². The van der Waals surface area contributed by atoms with Gasteiger partial charge in [-0.15, -0.1) is 0 Å². The van der Waals surface area contributed by atoms with E-state index < -0.39 is 17.3 Å². The second kappa shape index (κ2) is 9.32. The van der Waals surface area contributed by atoms with Crippen molar-refractivity contribution in [2.75, 3.05) is 13.1 Å². The Kier molecular flexibility index (Phi) is 6.93. The maximum atomic E-state index is 13.4. The zero-order valence-corrected chi connectivity index (χ0v) is 18.0. The van der Waals surface area contributed by atoms with Gasteiger partial charge in [0.1, 0.15) is 11.5 Å². The maximum Gasteiger partial charge on any atom is 0.416 e. The third-order valence-electron chi connectivity index (χ3n) is 5.58. The van der Waals surface area contributed by atoms with Gasteiger partial charge in [-0.3, -0.25) is 9.59 Å². The van der Waals surface area contributed by atoms with Crippen LogP contribution >= 0.6 is 0 Å². The number of rotatable bonds is 6. The van der Waals surface area contributed by atoms with Crippen LogP contribution in [0, 0.1) is 0 Å². The summed E-state index contributed by atoms with van der Waals surface area (Å²) in [6, 6.07) is 9.42. The normalized spacial score (nSPS) is 16.0. The highest BCUT2D eigenvalue weighted by atomic mass is 19.4. The molecule has 172 valence electrons. The number of carbonyl (C=O) groups excluding carboxylic acids is 2. The highest BCUT2D eigenvalue weighted by molar-refractivity contribution is 5.95. The van der Waals surface area contributed by atoms with E-state index in [-0.39, 0.29) is 35.2 Å². The van der Waals surface area contributed by atoms with Crippen molar-refractivity contribution in [2.24, 2.45) is 0 Å². The van der Waals surface area contributed by atoms with E-state index in [2.05, 4.69) is 0 Å². The van der Waals surface area contributed by atoms with E-state index in [4.69, 9.17) is 4.74 Å². The Labute approximate surface area is 184 Å². The number of Topliss-reactive ketones (excluding diaryl/α,β-unsaturated/α-hetero) is 1. The molecule has 0 aromatic heterocycles. The van der Waals surface area contributed by atoms with E-state index in [0.29, 0.717) is 37.9 Å². The van der Waals surface area contributed by atoms with E-state index in [0.717, 1.165) is 12.1 Å². The summed E-state index contributed by atoms with van der Waals surface area (Å²) >= 11 is 0. The highest BCUT2D eigenvalue weighted by Crippen LogP contribution is 2.34. The van der Waals surface area contributed by atoms with Gasteiger partial charge in [0.2, 0.25) is 5.91 Å². The molecule has 32 heavy (non-hydrogen) atoms. The number of benzene rings is 2. The first kappa shape index (κ1) is 23.8. The second-order valence-corrected chi connectivity index (χ2v) is 8.32. The molecule has 0 aliphatic carbocycles. The summed E-state index contributed by atoms with van der Waals surface area (Å²) in [6.07, 6.45) is -3.61. The van der Waals surface area contributed by atoms with Crippen molar-refractivity contribution >= 4 is 11.7 Å². The van der Waals surface area contributed by atoms with Crippen LogP contribution in [-0.4, -0.2) is 40.4 Å². The molecular weight excluding hydrogens is 423 g/mol. The quantitative estimate of drug-likeness (QED) is 0.630. The summed E-state index contributed by atoms with van der Waals surface area (Å²) in [6.45, 7) is 4.16. The fourth-order valence-electron chi connectivity index (χ4n) is 3.56. The van der Waals surface area contributed by atoms with Crippen molar-refractivity contribution in [1.29, 1.82) is 0 Å². The van der Waals surface area contributed by atoms with Gasteiger partial charge >= 0.3 is 6.18 Å². The van der Waals surface area contributed by atoms with E-state index in [1.54, 1.807) is 30.9 Å². The predicted octanol–water partition coefficient (Wildman–Crippen LogP) is 5.01. The van der Waals surface area contributed by atoms with E-state index >= 15 is 0 Å². The molecule has 1 aliphatic rings. The van der Waals surface area contributed by atoms with Crippen molar-refractivity contribution in [2.45, 2.75) is 51.3 Å². The van der Waals surface area contributed by atoms with Gasteiger partial charge in [-0.05, 0) is 67.8 Å². The summed E-state index contributed by atoms with van der Waals surface area (Å²) in [4.78, 5) is 25.9. The number of hydrogen-bond acceptors (Lipinski definition) is 4. The van der Waals surface area contributed by atoms with Gasteiger partial charge in [-0.2, -0.15) is 13.2 Å². The zero-order valence-electron chi connectivity index (χ0n) is 18.0. The molecule has 1 aliphatic heterocycles. The summed E-state index contributed by atoms with van der Waals surface area (Å²) in [5.41, 5.74) is -1.05. The molecule has 0 saturated carbocycles. The van der Waals surface area contributed by atoms with Crippen LogP contribution in [0.2, 0.25) is 0 Å². The van der Waals surface area contributed by atoms with Gasteiger partial charge in [-0.25, -0.2) is 0 Å². The van der Waals surface area contributed by atoms with Crippen LogP contribution in [0.3, 0.4) is 0 Å². The molecule has 3 rings (SSSR count). The number of halogens is 3. The average Bonchev–Trinajstić information content (AvgIpc) is 2.72. The average molecular weight is 449 g/mol. The van der Waals surface area contributed by atoms with Crippen LogP contribution in [0.25, 0.3) is 0 Å². The van der Waals surface area contributed by atoms with Crippen molar-refractivity contribution in [3.63, 3.8) is 0 Å².